The van der Waals surface area contributed by atoms with Crippen molar-refractivity contribution in [3.05, 3.63) is 65.9 Å². The molecule has 3 aromatic rings. The van der Waals surface area contributed by atoms with Crippen LogP contribution in [0.2, 0.25) is 0 Å². The molecule has 0 aliphatic carbocycles. The Morgan fingerprint density at radius 1 is 0.935 bits per heavy atom. The zero-order valence-corrected chi connectivity index (χ0v) is 18.6. The van der Waals surface area contributed by atoms with Crippen molar-refractivity contribution in [2.75, 3.05) is 13.9 Å². The summed E-state index contributed by atoms with van der Waals surface area (Å²) < 4.78 is 28.7. The molecule has 2 aromatic carbocycles. The molecule has 6 nitrogen and oxygen atoms in total. The maximum atomic E-state index is 13.4. The van der Waals surface area contributed by atoms with Crippen molar-refractivity contribution in [3.8, 4) is 17.2 Å². The molecular weight excluding hydrogens is 396 g/mol. The van der Waals surface area contributed by atoms with Crippen LogP contribution in [-0.4, -0.2) is 25.1 Å². The summed E-state index contributed by atoms with van der Waals surface area (Å²) in [7, 11) is 1.53. The van der Waals surface area contributed by atoms with Crippen LogP contribution in [0, 0.1) is 0 Å². The first-order valence-electron chi connectivity index (χ1n) is 9.91. The molecule has 1 heterocycles. The van der Waals surface area contributed by atoms with Gasteiger partial charge in [0.2, 0.25) is 5.43 Å². The Morgan fingerprint density at radius 3 is 2.23 bits per heavy atom. The van der Waals surface area contributed by atoms with Crippen LogP contribution < -0.4 is 19.6 Å². The minimum atomic E-state index is -0.710. The summed E-state index contributed by atoms with van der Waals surface area (Å²) in [6.45, 7) is 15.2. The van der Waals surface area contributed by atoms with Gasteiger partial charge in [0.25, 0.3) is 0 Å². The molecule has 0 aliphatic rings. The molecular formula is C25H28O6. The SMILES string of the molecule is C=CC(C)(C)Oc1cc(OC(C)(C)C=C)c2c(=O)c3ccc(OCOC)cc3oc2c1. The number of methoxy groups -OCH3 is 1. The molecule has 164 valence electrons. The third-order valence-corrected chi connectivity index (χ3v) is 4.76. The molecule has 0 fully saturated rings. The Bertz CT molecular complexity index is 1190. The van der Waals surface area contributed by atoms with Crippen molar-refractivity contribution < 1.29 is 23.4 Å². The molecule has 0 saturated carbocycles. The van der Waals surface area contributed by atoms with Gasteiger partial charge in [0.15, 0.2) is 6.79 Å². The van der Waals surface area contributed by atoms with E-state index in [-0.39, 0.29) is 12.2 Å². The van der Waals surface area contributed by atoms with Crippen molar-refractivity contribution in [1.82, 2.24) is 0 Å². The highest BCUT2D eigenvalue weighted by molar-refractivity contribution is 5.94. The molecule has 31 heavy (non-hydrogen) atoms. The largest absolute Gasteiger partial charge is 0.484 e. The van der Waals surface area contributed by atoms with Crippen LogP contribution in [0.15, 0.2) is 64.9 Å². The fourth-order valence-corrected chi connectivity index (χ4v) is 2.92. The monoisotopic (exact) mass is 424 g/mol. The van der Waals surface area contributed by atoms with Gasteiger partial charge in [0.05, 0.1) is 5.39 Å². The summed E-state index contributed by atoms with van der Waals surface area (Å²) in [5.74, 6) is 1.37. The van der Waals surface area contributed by atoms with Crippen LogP contribution in [0.5, 0.6) is 17.2 Å². The average Bonchev–Trinajstić information content (AvgIpc) is 2.71. The molecule has 1 aromatic heterocycles. The number of fused-ring (bicyclic) bond motifs is 2. The summed E-state index contributed by atoms with van der Waals surface area (Å²) in [6, 6.07) is 8.39. The normalized spacial score (nSPS) is 12.0. The summed E-state index contributed by atoms with van der Waals surface area (Å²) in [5.41, 5.74) is -0.816. The van der Waals surface area contributed by atoms with E-state index >= 15 is 0 Å². The van der Waals surface area contributed by atoms with Crippen LogP contribution in [-0.2, 0) is 4.74 Å². The van der Waals surface area contributed by atoms with Crippen LogP contribution in [0.3, 0.4) is 0 Å². The van der Waals surface area contributed by atoms with Crippen molar-refractivity contribution in [3.63, 3.8) is 0 Å². The van der Waals surface area contributed by atoms with Gasteiger partial charge in [-0.2, -0.15) is 0 Å². The molecule has 6 heteroatoms. The Labute approximate surface area is 181 Å². The highest BCUT2D eigenvalue weighted by Crippen LogP contribution is 2.35. The van der Waals surface area contributed by atoms with Crippen LogP contribution in [0.1, 0.15) is 27.7 Å². The van der Waals surface area contributed by atoms with Gasteiger partial charge >= 0.3 is 0 Å². The van der Waals surface area contributed by atoms with Gasteiger partial charge in [-0.25, -0.2) is 0 Å². The maximum absolute atomic E-state index is 13.4. The molecule has 0 unspecified atom stereocenters. The lowest BCUT2D eigenvalue weighted by molar-refractivity contribution is 0.0512. The first-order valence-corrected chi connectivity index (χ1v) is 9.91. The summed E-state index contributed by atoms with van der Waals surface area (Å²) >= 11 is 0. The Morgan fingerprint density at radius 2 is 1.58 bits per heavy atom. The van der Waals surface area contributed by atoms with E-state index in [2.05, 4.69) is 13.2 Å². The zero-order chi connectivity index (χ0) is 22.8. The molecule has 0 radical (unpaired) electrons. The molecule has 0 saturated heterocycles. The number of ether oxygens (including phenoxy) is 4. The van der Waals surface area contributed by atoms with Gasteiger partial charge < -0.3 is 23.4 Å². The van der Waals surface area contributed by atoms with Gasteiger partial charge in [-0.3, -0.25) is 4.79 Å². The van der Waals surface area contributed by atoms with E-state index in [9.17, 15) is 4.79 Å². The van der Waals surface area contributed by atoms with E-state index in [1.807, 2.05) is 27.7 Å². The van der Waals surface area contributed by atoms with Crippen molar-refractivity contribution in [2.45, 2.75) is 38.9 Å². The third-order valence-electron chi connectivity index (χ3n) is 4.76. The van der Waals surface area contributed by atoms with E-state index in [1.54, 1.807) is 42.5 Å². The lowest BCUT2D eigenvalue weighted by atomic mass is 10.1. The summed E-state index contributed by atoms with van der Waals surface area (Å²) in [5, 5.41) is 0.746. The number of hydrogen-bond donors (Lipinski definition) is 0. The summed E-state index contributed by atoms with van der Waals surface area (Å²) in [6.07, 6.45) is 3.36. The summed E-state index contributed by atoms with van der Waals surface area (Å²) in [4.78, 5) is 13.4. The van der Waals surface area contributed by atoms with Crippen molar-refractivity contribution in [2.24, 2.45) is 0 Å². The fraction of sp³-hybridized carbons (Fsp3) is 0.320. The predicted octanol–water partition coefficient (Wildman–Crippen LogP) is 5.62. The van der Waals surface area contributed by atoms with E-state index in [0.29, 0.717) is 39.2 Å². The lowest BCUT2D eigenvalue weighted by Gasteiger charge is -2.26. The van der Waals surface area contributed by atoms with Crippen LogP contribution in [0.25, 0.3) is 21.9 Å². The molecule has 0 N–H and O–H groups in total. The molecule has 0 bridgehead atoms. The van der Waals surface area contributed by atoms with Crippen molar-refractivity contribution in [1.29, 1.82) is 0 Å². The predicted molar refractivity (Wildman–Crippen MR) is 122 cm³/mol. The van der Waals surface area contributed by atoms with E-state index in [4.69, 9.17) is 23.4 Å². The first-order chi connectivity index (χ1) is 14.6. The van der Waals surface area contributed by atoms with E-state index < -0.39 is 11.2 Å². The second kappa shape index (κ2) is 8.47. The molecule has 0 atom stereocenters. The Kier molecular flexibility index (Phi) is 6.13. The fourth-order valence-electron chi connectivity index (χ4n) is 2.92. The third kappa shape index (κ3) is 4.91. The van der Waals surface area contributed by atoms with Crippen LogP contribution >= 0.6 is 0 Å². The molecule has 0 amide bonds. The highest BCUT2D eigenvalue weighted by Gasteiger charge is 2.23. The minimum absolute atomic E-state index is 0.0898. The minimum Gasteiger partial charge on any atom is -0.484 e. The zero-order valence-electron chi connectivity index (χ0n) is 18.6. The second-order valence-electron chi connectivity index (χ2n) is 8.25. The first kappa shape index (κ1) is 22.4. The van der Waals surface area contributed by atoms with Gasteiger partial charge in [0, 0.05) is 25.3 Å². The van der Waals surface area contributed by atoms with Gasteiger partial charge in [-0.1, -0.05) is 13.2 Å². The maximum Gasteiger partial charge on any atom is 0.204 e. The van der Waals surface area contributed by atoms with Gasteiger partial charge in [-0.15, -0.1) is 0 Å². The Balaban J connectivity index is 2.27. The molecule has 3 rings (SSSR count). The standard InChI is InChI=1S/C25H28O6/c1-8-24(3,4)30-17-13-20-22(21(14-17)31-25(5,6)9-2)23(26)18-11-10-16(28-15-27-7)12-19(18)29-20/h8-14H,1-2,15H2,3-7H3. The average molecular weight is 424 g/mol. The topological polar surface area (TPSA) is 67.1 Å². The van der Waals surface area contributed by atoms with Gasteiger partial charge in [0.1, 0.15) is 45.0 Å². The molecule has 0 aliphatic heterocycles. The lowest BCUT2D eigenvalue weighted by Crippen LogP contribution is -2.26. The quantitative estimate of drug-likeness (QED) is 0.252. The smallest absolute Gasteiger partial charge is 0.204 e. The van der Waals surface area contributed by atoms with E-state index in [0.717, 1.165) is 0 Å². The second-order valence-corrected chi connectivity index (χ2v) is 8.25. The Hall–Kier alpha value is -3.25. The van der Waals surface area contributed by atoms with Gasteiger partial charge in [-0.05, 0) is 52.0 Å². The van der Waals surface area contributed by atoms with Crippen LogP contribution in [0.4, 0.5) is 0 Å². The number of rotatable bonds is 9. The number of hydrogen-bond acceptors (Lipinski definition) is 6. The van der Waals surface area contributed by atoms with E-state index in [1.165, 1.54) is 7.11 Å². The number of benzene rings is 2. The molecule has 0 spiro atoms. The highest BCUT2D eigenvalue weighted by atomic mass is 16.7. The van der Waals surface area contributed by atoms with Crippen molar-refractivity contribution >= 4 is 21.9 Å².